The lowest BCUT2D eigenvalue weighted by atomic mass is 10.2. The predicted octanol–water partition coefficient (Wildman–Crippen LogP) is 1.77. The van der Waals surface area contributed by atoms with Crippen LogP contribution in [-0.4, -0.2) is 8.76 Å². The molecule has 2 rings (SSSR count). The van der Waals surface area contributed by atoms with Gasteiger partial charge in [0, 0.05) is 17.0 Å². The van der Waals surface area contributed by atoms with Crippen LogP contribution in [0.3, 0.4) is 0 Å². The van der Waals surface area contributed by atoms with Crippen LogP contribution in [0.4, 0.5) is 11.4 Å². The number of nitrogens with zero attached hydrogens (tertiary/aromatic N) is 1. The molecule has 1 unspecified atom stereocenters. The van der Waals surface area contributed by atoms with E-state index in [1.807, 2.05) is 30.3 Å². The van der Waals surface area contributed by atoms with Gasteiger partial charge in [-0.2, -0.15) is 0 Å². The van der Waals surface area contributed by atoms with Gasteiger partial charge in [0.2, 0.25) is 0 Å². The zero-order chi connectivity index (χ0) is 13.7. The molecule has 2 aromatic rings. The van der Waals surface area contributed by atoms with Gasteiger partial charge in [-0.25, -0.2) is 5.84 Å². The minimum absolute atomic E-state index is 0.505. The molecule has 0 amide bonds. The van der Waals surface area contributed by atoms with Gasteiger partial charge in [0.05, 0.1) is 12.2 Å². The number of rotatable bonds is 5. The van der Waals surface area contributed by atoms with E-state index in [-0.39, 0.29) is 0 Å². The fourth-order valence-corrected chi connectivity index (χ4v) is 2.02. The second-order valence-electron chi connectivity index (χ2n) is 4.00. The minimum Gasteiger partial charge on any atom is -0.755 e. The van der Waals surface area contributed by atoms with E-state index in [9.17, 15) is 8.76 Å². The topological polar surface area (TPSA) is 81.4 Å². The molecule has 0 aliphatic heterocycles. The van der Waals surface area contributed by atoms with E-state index in [0.29, 0.717) is 12.2 Å². The number of nitrogens with two attached hydrogens (primary N) is 1. The van der Waals surface area contributed by atoms with Crippen LogP contribution in [-0.2, 0) is 17.8 Å². The molecule has 0 aromatic heterocycles. The predicted molar refractivity (Wildman–Crippen MR) is 75.8 cm³/mol. The third-order valence-corrected chi connectivity index (χ3v) is 3.00. The first-order valence-electron chi connectivity index (χ1n) is 5.67. The quantitative estimate of drug-likeness (QED) is 0.495. The summed E-state index contributed by atoms with van der Waals surface area (Å²) >= 11 is -2.31. The highest BCUT2D eigenvalue weighted by molar-refractivity contribution is 7.80. The highest BCUT2D eigenvalue weighted by atomic mass is 32.2. The maximum absolute atomic E-state index is 10.5. The van der Waals surface area contributed by atoms with E-state index >= 15 is 0 Å². The van der Waals surface area contributed by atoms with Gasteiger partial charge in [-0.15, -0.1) is 0 Å². The molecular formula is C13H14N3O2S-. The van der Waals surface area contributed by atoms with Crippen molar-refractivity contribution in [1.29, 1.82) is 0 Å². The van der Waals surface area contributed by atoms with Gasteiger partial charge >= 0.3 is 0 Å². The zero-order valence-electron chi connectivity index (χ0n) is 10.2. The zero-order valence-corrected chi connectivity index (χ0v) is 11.0. The van der Waals surface area contributed by atoms with Crippen molar-refractivity contribution in [1.82, 2.24) is 0 Å². The largest absolute Gasteiger partial charge is 0.755 e. The lowest BCUT2D eigenvalue weighted by molar-refractivity contribution is 0.542. The van der Waals surface area contributed by atoms with Crippen molar-refractivity contribution in [2.45, 2.75) is 6.54 Å². The van der Waals surface area contributed by atoms with Crippen molar-refractivity contribution < 1.29 is 8.76 Å². The van der Waals surface area contributed by atoms with Crippen molar-refractivity contribution >= 4 is 22.6 Å². The Morgan fingerprint density at radius 1 is 1.11 bits per heavy atom. The number of hydrazine groups is 1. The molecule has 0 radical (unpaired) electrons. The number of benzene rings is 2. The highest BCUT2D eigenvalue weighted by Gasteiger charge is 2.02. The van der Waals surface area contributed by atoms with Crippen molar-refractivity contribution in [2.75, 3.05) is 9.73 Å². The Bertz CT molecular complexity index is 546. The molecule has 0 bridgehead atoms. The van der Waals surface area contributed by atoms with E-state index in [2.05, 4.69) is 4.72 Å². The normalized spacial score (nSPS) is 11.9. The molecule has 0 spiro atoms. The van der Waals surface area contributed by atoms with Gasteiger partial charge in [-0.05, 0) is 29.8 Å². The lowest BCUT2D eigenvalue weighted by Gasteiger charge is -2.19. The molecule has 2 aromatic carbocycles. The van der Waals surface area contributed by atoms with E-state index in [0.717, 1.165) is 11.3 Å². The summed E-state index contributed by atoms with van der Waals surface area (Å²) < 4.78 is 23.2. The number of anilines is 2. The summed E-state index contributed by atoms with van der Waals surface area (Å²) in [5.41, 5.74) is 2.42. The standard InChI is InChI=1S/C13H15N3O2S/c14-16(10-11-4-2-1-3-5-11)13-8-6-12(7-9-13)15-19(17)18/h1-9,15H,10,14H2,(H,17,18)/p-1. The van der Waals surface area contributed by atoms with Crippen LogP contribution in [0, 0.1) is 0 Å². The van der Waals surface area contributed by atoms with Crippen molar-refractivity contribution in [3.05, 3.63) is 60.2 Å². The average Bonchev–Trinajstić information content (AvgIpc) is 2.40. The first-order chi connectivity index (χ1) is 9.15. The van der Waals surface area contributed by atoms with Crippen LogP contribution in [0.2, 0.25) is 0 Å². The Morgan fingerprint density at radius 3 is 2.32 bits per heavy atom. The summed E-state index contributed by atoms with van der Waals surface area (Å²) in [5, 5.41) is 1.60. The molecular weight excluding hydrogens is 262 g/mol. The van der Waals surface area contributed by atoms with Gasteiger partial charge in [0.25, 0.3) is 0 Å². The third-order valence-electron chi connectivity index (χ3n) is 2.60. The van der Waals surface area contributed by atoms with Crippen LogP contribution < -0.4 is 15.6 Å². The molecule has 100 valence electrons. The fraction of sp³-hybridized carbons (Fsp3) is 0.0769. The van der Waals surface area contributed by atoms with Crippen molar-refractivity contribution in [3.63, 3.8) is 0 Å². The van der Waals surface area contributed by atoms with Gasteiger partial charge in [-0.3, -0.25) is 4.21 Å². The summed E-state index contributed by atoms with van der Waals surface area (Å²) in [6.07, 6.45) is 0. The molecule has 1 atom stereocenters. The molecule has 5 nitrogen and oxygen atoms in total. The van der Waals surface area contributed by atoms with Gasteiger partial charge in [-0.1, -0.05) is 30.3 Å². The van der Waals surface area contributed by atoms with Crippen LogP contribution >= 0.6 is 0 Å². The highest BCUT2D eigenvalue weighted by Crippen LogP contribution is 2.17. The Morgan fingerprint density at radius 2 is 1.74 bits per heavy atom. The summed E-state index contributed by atoms with van der Waals surface area (Å²) in [5.74, 6) is 5.97. The summed E-state index contributed by atoms with van der Waals surface area (Å²) in [4.78, 5) is 0. The van der Waals surface area contributed by atoms with Crippen LogP contribution in [0.5, 0.6) is 0 Å². The molecule has 0 aliphatic carbocycles. The maximum Gasteiger partial charge on any atom is 0.0592 e. The maximum atomic E-state index is 10.5. The Balaban J connectivity index is 2.03. The lowest BCUT2D eigenvalue weighted by Crippen LogP contribution is -2.29. The minimum atomic E-state index is -2.31. The Kier molecular flexibility index (Phi) is 4.51. The van der Waals surface area contributed by atoms with Crippen LogP contribution in [0.1, 0.15) is 5.56 Å². The number of hydrogen-bond acceptors (Lipinski definition) is 4. The van der Waals surface area contributed by atoms with Gasteiger partial charge < -0.3 is 14.3 Å². The third kappa shape index (κ3) is 4.06. The van der Waals surface area contributed by atoms with E-state index in [1.54, 1.807) is 29.3 Å². The van der Waals surface area contributed by atoms with E-state index in [4.69, 9.17) is 5.84 Å². The summed E-state index contributed by atoms with van der Waals surface area (Å²) in [6.45, 7) is 0.584. The summed E-state index contributed by atoms with van der Waals surface area (Å²) in [6, 6.07) is 16.7. The Labute approximate surface area is 114 Å². The van der Waals surface area contributed by atoms with Crippen LogP contribution in [0.25, 0.3) is 0 Å². The van der Waals surface area contributed by atoms with E-state index in [1.165, 1.54) is 0 Å². The molecule has 0 saturated carbocycles. The molecule has 0 fully saturated rings. The van der Waals surface area contributed by atoms with Gasteiger partial charge in [0.1, 0.15) is 0 Å². The number of nitrogens with one attached hydrogen (secondary N) is 1. The Hall–Kier alpha value is -1.89. The second kappa shape index (κ2) is 6.33. The van der Waals surface area contributed by atoms with Crippen molar-refractivity contribution in [3.8, 4) is 0 Å². The molecule has 0 heterocycles. The smallest absolute Gasteiger partial charge is 0.0592 e. The van der Waals surface area contributed by atoms with Crippen molar-refractivity contribution in [2.24, 2.45) is 5.84 Å². The fourth-order valence-electron chi connectivity index (χ4n) is 1.69. The first-order valence-corrected chi connectivity index (χ1v) is 6.75. The monoisotopic (exact) mass is 276 g/mol. The average molecular weight is 276 g/mol. The number of hydrogen-bond donors (Lipinski definition) is 2. The molecule has 6 heteroatoms. The molecule has 0 saturated heterocycles. The van der Waals surface area contributed by atoms with E-state index < -0.39 is 11.3 Å². The van der Waals surface area contributed by atoms with Crippen LogP contribution in [0.15, 0.2) is 54.6 Å². The SMILES string of the molecule is NN(Cc1ccccc1)c1ccc(NS(=O)[O-])cc1. The first kappa shape index (κ1) is 13.5. The van der Waals surface area contributed by atoms with Gasteiger partial charge in [0.15, 0.2) is 0 Å². The summed E-state index contributed by atoms with van der Waals surface area (Å²) in [7, 11) is 0. The molecule has 3 N–H and O–H groups in total. The second-order valence-corrected chi connectivity index (χ2v) is 4.67. The molecule has 19 heavy (non-hydrogen) atoms. The molecule has 0 aliphatic rings.